The molecule has 1 saturated heterocycles. The monoisotopic (exact) mass is 508 g/mol. The lowest BCUT2D eigenvalue weighted by molar-refractivity contribution is -0.121. The second-order valence-corrected chi connectivity index (χ2v) is 11.1. The highest BCUT2D eigenvalue weighted by atomic mass is 32.2. The number of Topliss-reactive ketones (excluding diaryl/α,β-unsaturated/α-hetero) is 1. The predicted molar refractivity (Wildman–Crippen MR) is 144 cm³/mol. The number of aryl methyl sites for hydroxylation is 1. The largest absolute Gasteiger partial charge is 0.493 e. The highest BCUT2D eigenvalue weighted by Crippen LogP contribution is 2.36. The number of sulfone groups is 1. The average molecular weight is 509 g/mol. The minimum atomic E-state index is -3.82. The summed E-state index contributed by atoms with van der Waals surface area (Å²) in [4.78, 5) is 12.5. The van der Waals surface area contributed by atoms with Crippen LogP contribution in [0.4, 0.5) is 0 Å². The average Bonchev–Trinajstić information content (AvgIpc) is 2.91. The van der Waals surface area contributed by atoms with Gasteiger partial charge in [0.2, 0.25) is 0 Å². The van der Waals surface area contributed by atoms with Gasteiger partial charge in [0.25, 0.3) is 0 Å². The maximum absolute atomic E-state index is 13.3. The molecule has 1 heterocycles. The molecule has 0 atom stereocenters. The fraction of sp³-hybridized carbons (Fsp3) is 0.367. The highest BCUT2D eigenvalue weighted by Gasteiger charge is 2.49. The van der Waals surface area contributed by atoms with Crippen molar-refractivity contribution in [3.8, 4) is 16.9 Å². The predicted octanol–water partition coefficient (Wildman–Crippen LogP) is 6.22. The van der Waals surface area contributed by atoms with E-state index in [2.05, 4.69) is 49.4 Å². The van der Waals surface area contributed by atoms with Crippen LogP contribution in [-0.2, 0) is 25.8 Å². The number of benzene rings is 3. The molecule has 0 radical (unpaired) electrons. The first-order chi connectivity index (χ1) is 17.3. The van der Waals surface area contributed by atoms with Gasteiger partial charge in [0.1, 0.15) is 10.5 Å². The first-order valence-corrected chi connectivity index (χ1v) is 14.0. The SMILES string of the molecule is CC.CC(=O)C1(S(=O)(=O)c2ccc(OCCc3cccc(-c4ccc(C)cc4)c3)cc2)CCOCC1. The van der Waals surface area contributed by atoms with E-state index in [0.717, 1.165) is 6.42 Å². The summed E-state index contributed by atoms with van der Waals surface area (Å²) in [7, 11) is -3.82. The van der Waals surface area contributed by atoms with Crippen LogP contribution in [0.3, 0.4) is 0 Å². The first kappa shape index (κ1) is 27.6. The minimum Gasteiger partial charge on any atom is -0.493 e. The molecule has 0 amide bonds. The standard InChI is InChI=1S/C28H30O5S.C2H6/c1-21-6-8-24(9-7-21)25-5-3-4-23(20-25)14-17-33-26-10-12-27(13-11-26)34(30,31)28(22(2)29)15-18-32-19-16-28;1-2/h3-13,20H,14-19H2,1-2H3;1-2H3. The second kappa shape index (κ2) is 12.3. The lowest BCUT2D eigenvalue weighted by Crippen LogP contribution is -2.49. The number of rotatable bonds is 8. The van der Waals surface area contributed by atoms with Crippen molar-refractivity contribution in [3.63, 3.8) is 0 Å². The lowest BCUT2D eigenvalue weighted by Gasteiger charge is -2.34. The number of carbonyl (C=O) groups excluding carboxylic acids is 1. The highest BCUT2D eigenvalue weighted by molar-refractivity contribution is 7.93. The van der Waals surface area contributed by atoms with Crippen LogP contribution < -0.4 is 4.74 Å². The molecule has 192 valence electrons. The van der Waals surface area contributed by atoms with Gasteiger partial charge in [-0.25, -0.2) is 8.42 Å². The number of ether oxygens (including phenoxy) is 2. The van der Waals surface area contributed by atoms with Gasteiger partial charge >= 0.3 is 0 Å². The van der Waals surface area contributed by atoms with Crippen LogP contribution in [0.5, 0.6) is 5.75 Å². The van der Waals surface area contributed by atoms with E-state index in [1.54, 1.807) is 12.1 Å². The fourth-order valence-electron chi connectivity index (χ4n) is 4.39. The van der Waals surface area contributed by atoms with Crippen molar-refractivity contribution in [2.75, 3.05) is 19.8 Å². The summed E-state index contributed by atoms with van der Waals surface area (Å²) in [5.41, 5.74) is 4.74. The molecule has 1 aliphatic rings. The molecule has 6 heteroatoms. The van der Waals surface area contributed by atoms with Gasteiger partial charge in [-0.3, -0.25) is 4.79 Å². The molecule has 0 spiro atoms. The van der Waals surface area contributed by atoms with E-state index in [1.807, 2.05) is 19.9 Å². The Labute approximate surface area is 215 Å². The van der Waals surface area contributed by atoms with Gasteiger partial charge in [-0.1, -0.05) is 67.9 Å². The van der Waals surface area contributed by atoms with E-state index in [1.165, 1.54) is 41.3 Å². The van der Waals surface area contributed by atoms with Crippen LogP contribution in [0, 0.1) is 6.92 Å². The molecule has 3 aromatic rings. The van der Waals surface area contributed by atoms with Crippen molar-refractivity contribution in [1.82, 2.24) is 0 Å². The van der Waals surface area contributed by atoms with E-state index in [4.69, 9.17) is 9.47 Å². The smallest absolute Gasteiger partial charge is 0.191 e. The van der Waals surface area contributed by atoms with Crippen LogP contribution in [0.1, 0.15) is 44.7 Å². The second-order valence-electron chi connectivity index (χ2n) is 8.80. The summed E-state index contributed by atoms with van der Waals surface area (Å²) in [6, 6.07) is 23.2. The molecule has 5 nitrogen and oxygen atoms in total. The van der Waals surface area contributed by atoms with Crippen molar-refractivity contribution >= 4 is 15.6 Å². The Hall–Kier alpha value is -2.96. The number of hydrogen-bond acceptors (Lipinski definition) is 5. The molecular weight excluding hydrogens is 472 g/mol. The number of ketones is 1. The summed E-state index contributed by atoms with van der Waals surface area (Å²) in [6.45, 7) is 8.44. The quantitative estimate of drug-likeness (QED) is 0.361. The zero-order chi connectivity index (χ0) is 26.2. The molecule has 0 bridgehead atoms. The minimum absolute atomic E-state index is 0.141. The van der Waals surface area contributed by atoms with Crippen molar-refractivity contribution in [2.45, 2.75) is 56.6 Å². The molecule has 1 fully saturated rings. The molecule has 4 rings (SSSR count). The van der Waals surface area contributed by atoms with Crippen LogP contribution in [0.15, 0.2) is 77.7 Å². The Morgan fingerprint density at radius 2 is 1.56 bits per heavy atom. The van der Waals surface area contributed by atoms with Crippen LogP contribution >= 0.6 is 0 Å². The number of hydrogen-bond donors (Lipinski definition) is 0. The Morgan fingerprint density at radius 3 is 2.17 bits per heavy atom. The molecular formula is C30H36O5S. The van der Waals surface area contributed by atoms with Gasteiger partial charge in [0.05, 0.1) is 11.5 Å². The summed E-state index contributed by atoms with van der Waals surface area (Å²) < 4.78 is 36.4. The van der Waals surface area contributed by atoms with E-state index in [0.29, 0.717) is 12.4 Å². The summed E-state index contributed by atoms with van der Waals surface area (Å²) in [5, 5.41) is 0. The molecule has 1 aliphatic heterocycles. The van der Waals surface area contributed by atoms with Crippen molar-refractivity contribution < 1.29 is 22.7 Å². The molecule has 36 heavy (non-hydrogen) atoms. The summed E-state index contributed by atoms with van der Waals surface area (Å²) >= 11 is 0. The Morgan fingerprint density at radius 1 is 0.917 bits per heavy atom. The lowest BCUT2D eigenvalue weighted by atomic mass is 9.95. The molecule has 0 saturated carbocycles. The molecule has 3 aromatic carbocycles. The topological polar surface area (TPSA) is 69.7 Å². The Balaban J connectivity index is 0.00000176. The number of carbonyl (C=O) groups is 1. The van der Waals surface area contributed by atoms with Crippen molar-refractivity contribution in [1.29, 1.82) is 0 Å². The maximum atomic E-state index is 13.3. The van der Waals surface area contributed by atoms with Crippen LogP contribution in [0.25, 0.3) is 11.1 Å². The van der Waals surface area contributed by atoms with Gasteiger partial charge in [-0.2, -0.15) is 0 Å². The molecule has 0 aliphatic carbocycles. The van der Waals surface area contributed by atoms with Gasteiger partial charge < -0.3 is 9.47 Å². The zero-order valence-corrected chi connectivity index (χ0v) is 22.4. The third-order valence-electron chi connectivity index (χ3n) is 6.56. The van der Waals surface area contributed by atoms with Crippen LogP contribution in [0.2, 0.25) is 0 Å². The molecule has 0 aromatic heterocycles. The Bertz CT molecular complexity index is 1240. The van der Waals surface area contributed by atoms with Crippen LogP contribution in [-0.4, -0.2) is 38.8 Å². The van der Waals surface area contributed by atoms with Gasteiger partial charge in [-0.05, 0) is 67.6 Å². The van der Waals surface area contributed by atoms with Crippen molar-refractivity contribution in [3.05, 3.63) is 83.9 Å². The first-order valence-electron chi connectivity index (χ1n) is 12.5. The Kier molecular flexibility index (Phi) is 9.46. The zero-order valence-electron chi connectivity index (χ0n) is 21.6. The van der Waals surface area contributed by atoms with Gasteiger partial charge in [-0.15, -0.1) is 0 Å². The van der Waals surface area contributed by atoms with Crippen molar-refractivity contribution in [2.24, 2.45) is 0 Å². The van der Waals surface area contributed by atoms with E-state index >= 15 is 0 Å². The van der Waals surface area contributed by atoms with E-state index in [-0.39, 0.29) is 36.7 Å². The third kappa shape index (κ3) is 6.05. The van der Waals surface area contributed by atoms with Gasteiger partial charge in [0, 0.05) is 19.6 Å². The molecule has 0 unspecified atom stereocenters. The fourth-order valence-corrected chi connectivity index (χ4v) is 6.42. The summed E-state index contributed by atoms with van der Waals surface area (Å²) in [6.07, 6.45) is 1.10. The third-order valence-corrected chi connectivity index (χ3v) is 9.18. The normalized spacial score (nSPS) is 14.9. The maximum Gasteiger partial charge on any atom is 0.191 e. The van der Waals surface area contributed by atoms with E-state index < -0.39 is 14.6 Å². The molecule has 0 N–H and O–H groups in total. The summed E-state index contributed by atoms with van der Waals surface area (Å²) in [5.74, 6) is 0.265. The van der Waals surface area contributed by atoms with E-state index in [9.17, 15) is 13.2 Å². The van der Waals surface area contributed by atoms with Gasteiger partial charge in [0.15, 0.2) is 15.6 Å².